The van der Waals surface area contributed by atoms with Gasteiger partial charge in [0.25, 0.3) is 0 Å². The number of aromatic hydroxyl groups is 1. The third kappa shape index (κ3) is 1.12. The van der Waals surface area contributed by atoms with Gasteiger partial charge in [-0.25, -0.2) is 0 Å². The lowest BCUT2D eigenvalue weighted by Gasteiger charge is -2.01. The summed E-state index contributed by atoms with van der Waals surface area (Å²) in [6.07, 6.45) is 0.772. The van der Waals surface area contributed by atoms with Gasteiger partial charge in [0.15, 0.2) is 6.29 Å². The molecular weight excluding hydrogens is 184 g/mol. The number of benzene rings is 1. The Hall–Kier alpha value is -1.35. The van der Waals surface area contributed by atoms with Crippen LogP contribution in [0, 0.1) is 6.92 Å². The minimum absolute atomic E-state index is 0.192. The van der Waals surface area contributed by atoms with E-state index in [0.29, 0.717) is 5.56 Å². The first-order chi connectivity index (χ1) is 6.24. The summed E-state index contributed by atoms with van der Waals surface area (Å²) in [5.74, 6) is 0.192. The summed E-state index contributed by atoms with van der Waals surface area (Å²) in [7, 11) is 0. The van der Waals surface area contributed by atoms with Gasteiger partial charge in [0.1, 0.15) is 5.75 Å². The minimum Gasteiger partial charge on any atom is -0.508 e. The monoisotopic (exact) mass is 192 g/mol. The summed E-state index contributed by atoms with van der Waals surface area (Å²) in [5, 5.41) is 12.3. The molecule has 3 heteroatoms. The number of carbonyl (C=O) groups excluding carboxylic acids is 1. The normalized spacial score (nSPS) is 10.5. The fourth-order valence-corrected chi connectivity index (χ4v) is 2.31. The number of aldehydes is 1. The molecule has 66 valence electrons. The van der Waals surface area contributed by atoms with Crippen LogP contribution in [0.4, 0.5) is 0 Å². The Morgan fingerprint density at radius 1 is 1.54 bits per heavy atom. The van der Waals surface area contributed by atoms with Gasteiger partial charge >= 0.3 is 0 Å². The summed E-state index contributed by atoms with van der Waals surface area (Å²) >= 11 is 1.54. The van der Waals surface area contributed by atoms with Crippen molar-refractivity contribution in [3.63, 3.8) is 0 Å². The molecule has 0 aliphatic heterocycles. The molecule has 2 nitrogen and oxygen atoms in total. The van der Waals surface area contributed by atoms with Crippen LogP contribution in [0.2, 0.25) is 0 Å². The highest BCUT2D eigenvalue weighted by atomic mass is 32.1. The van der Waals surface area contributed by atoms with Crippen LogP contribution in [-0.2, 0) is 0 Å². The Morgan fingerprint density at radius 3 is 3.00 bits per heavy atom. The molecule has 0 bridgehead atoms. The molecule has 1 heterocycles. The second-order valence-electron chi connectivity index (χ2n) is 2.89. The van der Waals surface area contributed by atoms with Crippen molar-refractivity contribution in [3.8, 4) is 5.75 Å². The van der Waals surface area contributed by atoms with Gasteiger partial charge in [-0.2, -0.15) is 0 Å². The number of thiophene rings is 1. The maximum absolute atomic E-state index is 10.7. The number of carbonyl (C=O) groups is 1. The molecule has 13 heavy (non-hydrogen) atoms. The number of hydrogen-bond acceptors (Lipinski definition) is 3. The Labute approximate surface area is 79.4 Å². The molecule has 1 aromatic carbocycles. The topological polar surface area (TPSA) is 37.3 Å². The number of fused-ring (bicyclic) bond motifs is 1. The van der Waals surface area contributed by atoms with E-state index in [1.165, 1.54) is 17.4 Å². The van der Waals surface area contributed by atoms with Gasteiger partial charge in [-0.3, -0.25) is 4.79 Å². The first-order valence-corrected chi connectivity index (χ1v) is 4.77. The lowest BCUT2D eigenvalue weighted by atomic mass is 10.1. The minimum atomic E-state index is 0.192. The van der Waals surface area contributed by atoms with Crippen molar-refractivity contribution in [1.82, 2.24) is 0 Å². The van der Waals surface area contributed by atoms with E-state index in [4.69, 9.17) is 0 Å². The fourth-order valence-electron chi connectivity index (χ4n) is 1.37. The first kappa shape index (κ1) is 8.26. The van der Waals surface area contributed by atoms with E-state index in [0.717, 1.165) is 21.9 Å². The van der Waals surface area contributed by atoms with Gasteiger partial charge in [0, 0.05) is 21.2 Å². The molecule has 2 aromatic rings. The molecule has 0 fully saturated rings. The molecule has 0 radical (unpaired) electrons. The molecule has 1 aromatic heterocycles. The van der Waals surface area contributed by atoms with Gasteiger partial charge in [-0.05, 0) is 24.4 Å². The van der Waals surface area contributed by atoms with Crippen LogP contribution in [0.5, 0.6) is 5.75 Å². The number of phenols is 1. The Kier molecular flexibility index (Phi) is 1.81. The van der Waals surface area contributed by atoms with Crippen LogP contribution in [0.1, 0.15) is 15.9 Å². The van der Waals surface area contributed by atoms with Crippen molar-refractivity contribution in [3.05, 3.63) is 28.6 Å². The third-order valence-electron chi connectivity index (χ3n) is 2.12. The van der Waals surface area contributed by atoms with Gasteiger partial charge in [-0.1, -0.05) is 0 Å². The van der Waals surface area contributed by atoms with Crippen LogP contribution in [-0.4, -0.2) is 11.4 Å². The SMILES string of the molecule is Cc1c(O)cc(C=O)c2ccsc12. The zero-order valence-electron chi connectivity index (χ0n) is 7.07. The molecule has 2 rings (SSSR count). The predicted molar refractivity (Wildman–Crippen MR) is 53.6 cm³/mol. The smallest absolute Gasteiger partial charge is 0.150 e. The Balaban J connectivity index is 2.95. The zero-order chi connectivity index (χ0) is 9.42. The molecule has 0 saturated heterocycles. The van der Waals surface area contributed by atoms with Crippen LogP contribution >= 0.6 is 11.3 Å². The molecule has 0 saturated carbocycles. The molecule has 0 aliphatic rings. The van der Waals surface area contributed by atoms with Crippen molar-refractivity contribution in [2.24, 2.45) is 0 Å². The first-order valence-electron chi connectivity index (χ1n) is 3.89. The summed E-state index contributed by atoms with van der Waals surface area (Å²) in [5.41, 5.74) is 1.40. The van der Waals surface area contributed by atoms with Gasteiger partial charge in [-0.15, -0.1) is 11.3 Å². The second-order valence-corrected chi connectivity index (χ2v) is 3.81. The highest BCUT2D eigenvalue weighted by Crippen LogP contribution is 2.32. The lowest BCUT2D eigenvalue weighted by molar-refractivity contribution is 0.112. The summed E-state index contributed by atoms with van der Waals surface area (Å²) in [6.45, 7) is 1.85. The van der Waals surface area contributed by atoms with E-state index in [-0.39, 0.29) is 5.75 Å². The fraction of sp³-hybridized carbons (Fsp3) is 0.100. The van der Waals surface area contributed by atoms with Crippen LogP contribution in [0.15, 0.2) is 17.5 Å². The van der Waals surface area contributed by atoms with Crippen molar-refractivity contribution in [2.45, 2.75) is 6.92 Å². The number of rotatable bonds is 1. The molecule has 0 spiro atoms. The van der Waals surface area contributed by atoms with E-state index >= 15 is 0 Å². The molecule has 0 aliphatic carbocycles. The average molecular weight is 192 g/mol. The van der Waals surface area contributed by atoms with Crippen molar-refractivity contribution < 1.29 is 9.90 Å². The van der Waals surface area contributed by atoms with Gasteiger partial charge in [0.2, 0.25) is 0 Å². The van der Waals surface area contributed by atoms with Crippen molar-refractivity contribution in [1.29, 1.82) is 0 Å². The van der Waals surface area contributed by atoms with Gasteiger partial charge in [0.05, 0.1) is 0 Å². The van der Waals surface area contributed by atoms with E-state index < -0.39 is 0 Å². The highest BCUT2D eigenvalue weighted by molar-refractivity contribution is 7.17. The molecular formula is C10H8O2S. The lowest BCUT2D eigenvalue weighted by Crippen LogP contribution is -1.83. The quantitative estimate of drug-likeness (QED) is 0.705. The van der Waals surface area contributed by atoms with E-state index in [9.17, 15) is 9.90 Å². The van der Waals surface area contributed by atoms with Crippen LogP contribution < -0.4 is 0 Å². The molecule has 0 atom stereocenters. The number of hydrogen-bond donors (Lipinski definition) is 1. The Morgan fingerprint density at radius 2 is 2.31 bits per heavy atom. The third-order valence-corrected chi connectivity index (χ3v) is 3.15. The van der Waals surface area contributed by atoms with Crippen LogP contribution in [0.3, 0.4) is 0 Å². The molecule has 0 amide bonds. The number of phenolic OH excluding ortho intramolecular Hbond substituents is 1. The average Bonchev–Trinajstić information content (AvgIpc) is 2.60. The maximum atomic E-state index is 10.7. The standard InChI is InChI=1S/C10H8O2S/c1-6-9(12)4-7(5-11)8-2-3-13-10(6)8/h2-5,12H,1H3. The summed E-state index contributed by atoms with van der Waals surface area (Å²) < 4.78 is 0.988. The van der Waals surface area contributed by atoms with Gasteiger partial charge < -0.3 is 5.11 Å². The van der Waals surface area contributed by atoms with Crippen molar-refractivity contribution in [2.75, 3.05) is 0 Å². The largest absolute Gasteiger partial charge is 0.508 e. The maximum Gasteiger partial charge on any atom is 0.150 e. The van der Waals surface area contributed by atoms with Crippen molar-refractivity contribution >= 4 is 27.7 Å². The predicted octanol–water partition coefficient (Wildman–Crippen LogP) is 2.73. The molecule has 1 N–H and O–H groups in total. The zero-order valence-corrected chi connectivity index (χ0v) is 7.89. The highest BCUT2D eigenvalue weighted by Gasteiger charge is 2.08. The second kappa shape index (κ2) is 2.85. The summed E-state index contributed by atoms with van der Waals surface area (Å²) in [6, 6.07) is 3.41. The van der Waals surface area contributed by atoms with Crippen LogP contribution in [0.25, 0.3) is 10.1 Å². The van der Waals surface area contributed by atoms with E-state index in [1.54, 1.807) is 0 Å². The summed E-state index contributed by atoms with van der Waals surface area (Å²) in [4.78, 5) is 10.7. The van der Waals surface area contributed by atoms with E-state index in [1.807, 2.05) is 18.4 Å². The molecule has 0 unspecified atom stereocenters. The number of aryl methyl sites for hydroxylation is 1. The van der Waals surface area contributed by atoms with E-state index in [2.05, 4.69) is 0 Å². The Bertz CT molecular complexity index is 471.